The van der Waals surface area contributed by atoms with E-state index in [4.69, 9.17) is 0 Å². The summed E-state index contributed by atoms with van der Waals surface area (Å²) in [7, 11) is 0. The summed E-state index contributed by atoms with van der Waals surface area (Å²) >= 11 is 0. The largest absolute Gasteiger partial charge is 0.416 e. The number of hydrogen-bond acceptors (Lipinski definition) is 2. The highest BCUT2D eigenvalue weighted by molar-refractivity contribution is 6.04. The molecule has 0 radical (unpaired) electrons. The smallest absolute Gasteiger partial charge is 0.322 e. The Balaban J connectivity index is 1.87. The summed E-state index contributed by atoms with van der Waals surface area (Å²) in [4.78, 5) is 25.3. The standard InChI is InChI=1S/C22H19F3N2O2/c1-14-8-9-15(2)19(11-14)26-20(28)18-7-4-10-27(21(18)29)13-16-5-3-6-17(12-16)22(23,24)25/h3-12H,13H2,1-2H3,(H,26,28). The molecule has 0 bridgehead atoms. The van der Waals surface area contributed by atoms with Crippen molar-refractivity contribution in [2.24, 2.45) is 0 Å². The van der Waals surface area contributed by atoms with Crippen LogP contribution < -0.4 is 10.9 Å². The van der Waals surface area contributed by atoms with Gasteiger partial charge in [0.2, 0.25) is 0 Å². The van der Waals surface area contributed by atoms with Crippen LogP contribution in [-0.2, 0) is 12.7 Å². The highest BCUT2D eigenvalue weighted by Crippen LogP contribution is 2.29. The van der Waals surface area contributed by atoms with Gasteiger partial charge in [0.15, 0.2) is 0 Å². The Labute approximate surface area is 165 Å². The lowest BCUT2D eigenvalue weighted by Crippen LogP contribution is -2.29. The highest BCUT2D eigenvalue weighted by atomic mass is 19.4. The normalized spacial score (nSPS) is 11.3. The summed E-state index contributed by atoms with van der Waals surface area (Å²) in [6, 6.07) is 13.3. The van der Waals surface area contributed by atoms with Gasteiger partial charge in [-0.2, -0.15) is 13.2 Å². The van der Waals surface area contributed by atoms with Crippen LogP contribution in [0.15, 0.2) is 65.6 Å². The maximum absolute atomic E-state index is 12.9. The SMILES string of the molecule is Cc1ccc(C)c(NC(=O)c2cccn(Cc3cccc(C(F)(F)F)c3)c2=O)c1. The van der Waals surface area contributed by atoms with Crippen LogP contribution in [0, 0.1) is 13.8 Å². The minimum Gasteiger partial charge on any atom is -0.322 e. The van der Waals surface area contributed by atoms with E-state index >= 15 is 0 Å². The van der Waals surface area contributed by atoms with Gasteiger partial charge in [0.1, 0.15) is 5.56 Å². The lowest BCUT2D eigenvalue weighted by atomic mass is 10.1. The predicted octanol–water partition coefficient (Wildman–Crippen LogP) is 4.78. The quantitative estimate of drug-likeness (QED) is 0.685. The Kier molecular flexibility index (Phi) is 5.59. The van der Waals surface area contributed by atoms with Crippen molar-refractivity contribution in [1.29, 1.82) is 0 Å². The maximum atomic E-state index is 12.9. The molecule has 0 saturated heterocycles. The van der Waals surface area contributed by atoms with Crippen molar-refractivity contribution in [2.75, 3.05) is 5.32 Å². The molecule has 0 unspecified atom stereocenters. The number of pyridine rings is 1. The van der Waals surface area contributed by atoms with Crippen LogP contribution >= 0.6 is 0 Å². The fourth-order valence-corrected chi connectivity index (χ4v) is 2.94. The van der Waals surface area contributed by atoms with Crippen LogP contribution in [0.1, 0.15) is 32.6 Å². The number of nitrogens with zero attached hydrogens (tertiary/aromatic N) is 1. The molecule has 29 heavy (non-hydrogen) atoms. The first-order chi connectivity index (χ1) is 13.6. The fraction of sp³-hybridized carbons (Fsp3) is 0.182. The number of benzene rings is 2. The number of rotatable bonds is 4. The number of anilines is 1. The first-order valence-corrected chi connectivity index (χ1v) is 8.89. The van der Waals surface area contributed by atoms with Crippen molar-refractivity contribution >= 4 is 11.6 Å². The zero-order chi connectivity index (χ0) is 21.2. The third-order valence-electron chi connectivity index (χ3n) is 4.51. The number of carbonyl (C=O) groups is 1. The van der Waals surface area contributed by atoms with Gasteiger partial charge >= 0.3 is 6.18 Å². The summed E-state index contributed by atoms with van der Waals surface area (Å²) in [5, 5.41) is 2.73. The lowest BCUT2D eigenvalue weighted by Gasteiger charge is -2.12. The van der Waals surface area contributed by atoms with Crippen LogP contribution in [0.3, 0.4) is 0 Å². The van der Waals surface area contributed by atoms with Crippen molar-refractivity contribution in [2.45, 2.75) is 26.6 Å². The van der Waals surface area contributed by atoms with Crippen LogP contribution in [0.2, 0.25) is 0 Å². The molecule has 0 aliphatic carbocycles. The van der Waals surface area contributed by atoms with Gasteiger partial charge in [-0.1, -0.05) is 24.3 Å². The van der Waals surface area contributed by atoms with Crippen molar-refractivity contribution in [3.63, 3.8) is 0 Å². The number of alkyl halides is 3. The number of carbonyl (C=O) groups excluding carboxylic acids is 1. The van der Waals surface area contributed by atoms with E-state index in [9.17, 15) is 22.8 Å². The first-order valence-electron chi connectivity index (χ1n) is 8.89. The molecule has 3 aromatic rings. The molecule has 3 rings (SSSR count). The average Bonchev–Trinajstić information content (AvgIpc) is 2.66. The molecule has 0 spiro atoms. The monoisotopic (exact) mass is 400 g/mol. The maximum Gasteiger partial charge on any atom is 0.416 e. The lowest BCUT2D eigenvalue weighted by molar-refractivity contribution is -0.137. The summed E-state index contributed by atoms with van der Waals surface area (Å²) in [5.41, 5.74) is 1.28. The van der Waals surface area contributed by atoms with Crippen LogP contribution in [-0.4, -0.2) is 10.5 Å². The summed E-state index contributed by atoms with van der Waals surface area (Å²) in [6.07, 6.45) is -3.02. The number of nitrogens with one attached hydrogen (secondary N) is 1. The number of aromatic nitrogens is 1. The van der Waals surface area contributed by atoms with Gasteiger partial charge in [0.05, 0.1) is 12.1 Å². The minimum absolute atomic E-state index is 0.0760. The molecule has 1 heterocycles. The van der Waals surface area contributed by atoms with E-state index in [-0.39, 0.29) is 12.1 Å². The van der Waals surface area contributed by atoms with Crippen LogP contribution in [0.25, 0.3) is 0 Å². The summed E-state index contributed by atoms with van der Waals surface area (Å²) in [6.45, 7) is 3.65. The summed E-state index contributed by atoms with van der Waals surface area (Å²) in [5.74, 6) is -0.568. The van der Waals surface area contributed by atoms with Crippen molar-refractivity contribution in [1.82, 2.24) is 4.57 Å². The van der Waals surface area contributed by atoms with Crippen LogP contribution in [0.5, 0.6) is 0 Å². The van der Waals surface area contributed by atoms with Gasteiger partial charge in [0.25, 0.3) is 11.5 Å². The average molecular weight is 400 g/mol. The molecule has 1 N–H and O–H groups in total. The molecular formula is C22H19F3N2O2. The molecule has 7 heteroatoms. The van der Waals surface area contributed by atoms with Gasteiger partial charge < -0.3 is 9.88 Å². The van der Waals surface area contributed by atoms with E-state index in [2.05, 4.69) is 5.32 Å². The number of halogens is 3. The van der Waals surface area contributed by atoms with Crippen molar-refractivity contribution in [3.8, 4) is 0 Å². The second-order valence-corrected chi connectivity index (χ2v) is 6.83. The van der Waals surface area contributed by atoms with E-state index in [0.29, 0.717) is 11.3 Å². The molecule has 4 nitrogen and oxygen atoms in total. The Bertz CT molecular complexity index is 1120. The molecule has 0 saturated carbocycles. The fourth-order valence-electron chi connectivity index (χ4n) is 2.94. The number of hydrogen-bond donors (Lipinski definition) is 1. The third kappa shape index (κ3) is 4.74. The second-order valence-electron chi connectivity index (χ2n) is 6.83. The van der Waals surface area contributed by atoms with E-state index < -0.39 is 23.2 Å². The van der Waals surface area contributed by atoms with Gasteiger partial charge in [-0.3, -0.25) is 9.59 Å². The molecule has 0 aliphatic heterocycles. The Morgan fingerprint density at radius 3 is 2.52 bits per heavy atom. The molecule has 2 aromatic carbocycles. The zero-order valence-electron chi connectivity index (χ0n) is 15.9. The molecule has 0 atom stereocenters. The zero-order valence-corrected chi connectivity index (χ0v) is 15.9. The molecule has 0 fully saturated rings. The molecule has 0 aliphatic rings. The Morgan fingerprint density at radius 2 is 1.79 bits per heavy atom. The van der Waals surface area contributed by atoms with Gasteiger partial charge in [-0.15, -0.1) is 0 Å². The molecular weight excluding hydrogens is 381 g/mol. The predicted molar refractivity (Wildman–Crippen MR) is 105 cm³/mol. The van der Waals surface area contributed by atoms with Crippen LogP contribution in [0.4, 0.5) is 18.9 Å². The highest BCUT2D eigenvalue weighted by Gasteiger charge is 2.30. The molecule has 1 amide bonds. The van der Waals surface area contributed by atoms with E-state index in [1.165, 1.54) is 35.0 Å². The third-order valence-corrected chi connectivity index (χ3v) is 4.51. The van der Waals surface area contributed by atoms with E-state index in [1.54, 1.807) is 6.07 Å². The Hall–Kier alpha value is -3.35. The van der Waals surface area contributed by atoms with Gasteiger partial charge in [0, 0.05) is 11.9 Å². The topological polar surface area (TPSA) is 51.1 Å². The van der Waals surface area contributed by atoms with Gasteiger partial charge in [-0.05, 0) is 60.9 Å². The summed E-state index contributed by atoms with van der Waals surface area (Å²) < 4.78 is 39.9. The van der Waals surface area contributed by atoms with Crippen molar-refractivity contribution < 1.29 is 18.0 Å². The molecule has 150 valence electrons. The van der Waals surface area contributed by atoms with E-state index in [1.807, 2.05) is 26.0 Å². The van der Waals surface area contributed by atoms with E-state index in [0.717, 1.165) is 23.3 Å². The number of aryl methyl sites for hydroxylation is 2. The van der Waals surface area contributed by atoms with Gasteiger partial charge in [-0.25, -0.2) is 0 Å². The molecule has 1 aromatic heterocycles. The minimum atomic E-state index is -4.46. The van der Waals surface area contributed by atoms with Crippen molar-refractivity contribution in [3.05, 3.63) is 99.0 Å². The Morgan fingerprint density at radius 1 is 1.03 bits per heavy atom. The number of amides is 1. The second kappa shape index (κ2) is 7.95. The first kappa shape index (κ1) is 20.4.